The van der Waals surface area contributed by atoms with Crippen LogP contribution >= 0.6 is 0 Å². The molecule has 1 fully saturated rings. The maximum Gasteiger partial charge on any atom is 0.410 e. The van der Waals surface area contributed by atoms with Gasteiger partial charge in [-0.1, -0.05) is 42.5 Å². The topological polar surface area (TPSA) is 70.1 Å². The normalized spacial score (nSPS) is 14.6. The number of carbonyl (C=O) groups excluding carboxylic acids is 1. The highest BCUT2D eigenvalue weighted by molar-refractivity contribution is 5.94. The smallest absolute Gasteiger partial charge is 0.410 e. The summed E-state index contributed by atoms with van der Waals surface area (Å²) in [6.07, 6.45) is 0.427. The Bertz CT molecular complexity index is 763. The molecule has 26 heavy (non-hydrogen) atoms. The van der Waals surface area contributed by atoms with Crippen molar-refractivity contribution in [2.24, 2.45) is 0 Å². The Morgan fingerprint density at radius 3 is 2.42 bits per heavy atom. The SMILES string of the molecule is O=C(O)c1ccccc1N1CCCN(C(=O)OCc2ccccc2)CC1. The van der Waals surface area contributed by atoms with Crippen LogP contribution < -0.4 is 4.90 Å². The van der Waals surface area contributed by atoms with Crippen LogP contribution in [0.5, 0.6) is 0 Å². The van der Waals surface area contributed by atoms with Crippen molar-refractivity contribution in [1.82, 2.24) is 4.90 Å². The number of amides is 1. The van der Waals surface area contributed by atoms with Gasteiger partial charge in [-0.05, 0) is 24.1 Å². The zero-order chi connectivity index (χ0) is 18.4. The Balaban J connectivity index is 1.60. The van der Waals surface area contributed by atoms with Crippen LogP contribution in [0.25, 0.3) is 0 Å². The van der Waals surface area contributed by atoms with Crippen molar-refractivity contribution in [3.63, 3.8) is 0 Å². The molecule has 0 aromatic heterocycles. The largest absolute Gasteiger partial charge is 0.478 e. The van der Waals surface area contributed by atoms with E-state index < -0.39 is 5.97 Å². The average molecular weight is 354 g/mol. The summed E-state index contributed by atoms with van der Waals surface area (Å²) in [5.41, 5.74) is 1.93. The molecule has 0 spiro atoms. The molecule has 3 rings (SSSR count). The van der Waals surface area contributed by atoms with Gasteiger partial charge in [-0.25, -0.2) is 9.59 Å². The number of benzene rings is 2. The summed E-state index contributed by atoms with van der Waals surface area (Å²) in [7, 11) is 0. The number of hydrogen-bond acceptors (Lipinski definition) is 4. The van der Waals surface area contributed by atoms with Crippen LogP contribution in [-0.2, 0) is 11.3 Å². The molecule has 0 bridgehead atoms. The summed E-state index contributed by atoms with van der Waals surface area (Å²) in [5.74, 6) is -0.941. The Kier molecular flexibility index (Phi) is 5.73. The maximum absolute atomic E-state index is 12.3. The molecule has 136 valence electrons. The van der Waals surface area contributed by atoms with Gasteiger partial charge in [-0.15, -0.1) is 0 Å². The fourth-order valence-electron chi connectivity index (χ4n) is 3.08. The van der Waals surface area contributed by atoms with Crippen molar-refractivity contribution in [3.05, 3.63) is 65.7 Å². The minimum absolute atomic E-state index is 0.252. The minimum Gasteiger partial charge on any atom is -0.478 e. The molecule has 1 amide bonds. The molecule has 1 aliphatic rings. The summed E-state index contributed by atoms with van der Waals surface area (Å²) in [6, 6.07) is 16.5. The third-order valence-electron chi connectivity index (χ3n) is 4.43. The predicted molar refractivity (Wildman–Crippen MR) is 98.4 cm³/mol. The van der Waals surface area contributed by atoms with Gasteiger partial charge in [0.25, 0.3) is 0 Å². The lowest BCUT2D eigenvalue weighted by Crippen LogP contribution is -2.35. The van der Waals surface area contributed by atoms with Crippen LogP contribution in [0.1, 0.15) is 22.3 Å². The van der Waals surface area contributed by atoms with E-state index in [9.17, 15) is 14.7 Å². The molecule has 0 unspecified atom stereocenters. The molecule has 6 nitrogen and oxygen atoms in total. The van der Waals surface area contributed by atoms with Gasteiger partial charge in [0.05, 0.1) is 11.3 Å². The van der Waals surface area contributed by atoms with Gasteiger partial charge >= 0.3 is 12.1 Å². The summed E-state index contributed by atoms with van der Waals surface area (Å²) < 4.78 is 5.40. The highest BCUT2D eigenvalue weighted by Gasteiger charge is 2.22. The molecular formula is C20H22N2O4. The van der Waals surface area contributed by atoms with Crippen molar-refractivity contribution in [2.45, 2.75) is 13.0 Å². The molecule has 1 aliphatic heterocycles. The number of carbonyl (C=O) groups is 2. The Morgan fingerprint density at radius 2 is 1.65 bits per heavy atom. The van der Waals surface area contributed by atoms with Gasteiger partial charge in [0.2, 0.25) is 0 Å². The second-order valence-corrected chi connectivity index (χ2v) is 6.19. The molecule has 0 saturated carbocycles. The third kappa shape index (κ3) is 4.33. The van der Waals surface area contributed by atoms with Gasteiger partial charge in [-0.2, -0.15) is 0 Å². The highest BCUT2D eigenvalue weighted by Crippen LogP contribution is 2.22. The Morgan fingerprint density at radius 1 is 0.923 bits per heavy atom. The van der Waals surface area contributed by atoms with E-state index >= 15 is 0 Å². The quantitative estimate of drug-likeness (QED) is 0.913. The van der Waals surface area contributed by atoms with E-state index in [1.54, 1.807) is 17.0 Å². The van der Waals surface area contributed by atoms with Gasteiger partial charge in [-0.3, -0.25) is 0 Å². The van der Waals surface area contributed by atoms with E-state index in [1.807, 2.05) is 47.4 Å². The van der Waals surface area contributed by atoms with Gasteiger partial charge in [0, 0.05) is 26.2 Å². The number of rotatable bonds is 4. The maximum atomic E-state index is 12.3. The number of carboxylic acids is 1. The van der Waals surface area contributed by atoms with Gasteiger partial charge < -0.3 is 19.6 Å². The summed E-state index contributed by atoms with van der Waals surface area (Å²) in [6.45, 7) is 2.63. The fourth-order valence-corrected chi connectivity index (χ4v) is 3.08. The van der Waals surface area contributed by atoms with Crippen LogP contribution in [0.4, 0.5) is 10.5 Å². The zero-order valence-corrected chi connectivity index (χ0v) is 14.5. The van der Waals surface area contributed by atoms with Crippen LogP contribution in [-0.4, -0.2) is 48.2 Å². The molecule has 1 heterocycles. The first-order valence-corrected chi connectivity index (χ1v) is 8.68. The lowest BCUT2D eigenvalue weighted by Gasteiger charge is -2.24. The fraction of sp³-hybridized carbons (Fsp3) is 0.300. The van der Waals surface area contributed by atoms with Crippen molar-refractivity contribution in [1.29, 1.82) is 0 Å². The Hall–Kier alpha value is -3.02. The van der Waals surface area contributed by atoms with Crippen molar-refractivity contribution in [3.8, 4) is 0 Å². The highest BCUT2D eigenvalue weighted by atomic mass is 16.6. The molecule has 1 N–H and O–H groups in total. The summed E-state index contributed by atoms with van der Waals surface area (Å²) in [5, 5.41) is 9.37. The number of aromatic carboxylic acids is 1. The first-order chi connectivity index (χ1) is 12.6. The van der Waals surface area contributed by atoms with Gasteiger partial charge in [0.15, 0.2) is 0 Å². The number of carboxylic acid groups (broad SMARTS) is 1. The average Bonchev–Trinajstić information content (AvgIpc) is 2.93. The minimum atomic E-state index is -0.941. The first kappa shape index (κ1) is 17.8. The molecular weight excluding hydrogens is 332 g/mol. The second kappa shape index (κ2) is 8.38. The molecule has 0 atom stereocenters. The van der Waals surface area contributed by atoms with Crippen molar-refractivity contribution < 1.29 is 19.4 Å². The molecule has 1 saturated heterocycles. The zero-order valence-electron chi connectivity index (χ0n) is 14.5. The molecule has 0 aliphatic carbocycles. The van der Waals surface area contributed by atoms with E-state index in [2.05, 4.69) is 0 Å². The van der Waals surface area contributed by atoms with E-state index in [1.165, 1.54) is 0 Å². The van der Waals surface area contributed by atoms with E-state index in [0.717, 1.165) is 12.0 Å². The standard InChI is InChI=1S/C20H22N2O4/c23-19(24)17-9-4-5-10-18(17)21-11-6-12-22(14-13-21)20(25)26-15-16-7-2-1-3-8-16/h1-5,7-10H,6,11-15H2,(H,23,24). The van der Waals surface area contributed by atoms with E-state index in [-0.39, 0.29) is 18.3 Å². The van der Waals surface area contributed by atoms with Crippen molar-refractivity contribution in [2.75, 3.05) is 31.1 Å². The molecule has 2 aromatic rings. The molecule has 2 aromatic carbocycles. The number of anilines is 1. The van der Waals surface area contributed by atoms with E-state index in [0.29, 0.717) is 31.9 Å². The second-order valence-electron chi connectivity index (χ2n) is 6.19. The van der Waals surface area contributed by atoms with Gasteiger partial charge in [0.1, 0.15) is 6.61 Å². The van der Waals surface area contributed by atoms with Crippen LogP contribution in [0.3, 0.4) is 0 Å². The Labute approximate surface area is 152 Å². The molecule has 6 heteroatoms. The van der Waals surface area contributed by atoms with Crippen LogP contribution in [0, 0.1) is 0 Å². The lowest BCUT2D eigenvalue weighted by molar-refractivity contribution is 0.0697. The number of ether oxygens (including phenoxy) is 1. The first-order valence-electron chi connectivity index (χ1n) is 8.68. The van der Waals surface area contributed by atoms with Crippen LogP contribution in [0.15, 0.2) is 54.6 Å². The predicted octanol–water partition coefficient (Wildman–Crippen LogP) is 3.23. The summed E-state index contributed by atoms with van der Waals surface area (Å²) >= 11 is 0. The number of hydrogen-bond donors (Lipinski definition) is 1. The third-order valence-corrected chi connectivity index (χ3v) is 4.43. The number of nitrogens with zero attached hydrogens (tertiary/aromatic N) is 2. The monoisotopic (exact) mass is 354 g/mol. The van der Waals surface area contributed by atoms with Crippen LogP contribution in [0.2, 0.25) is 0 Å². The van der Waals surface area contributed by atoms with E-state index in [4.69, 9.17) is 4.74 Å². The summed E-state index contributed by atoms with van der Waals surface area (Å²) in [4.78, 5) is 27.5. The lowest BCUT2D eigenvalue weighted by atomic mass is 10.1. The van der Waals surface area contributed by atoms with Crippen molar-refractivity contribution >= 4 is 17.7 Å². The number of para-hydroxylation sites is 1. The molecule has 0 radical (unpaired) electrons.